The monoisotopic (exact) mass is 368 g/mol. The van der Waals surface area contributed by atoms with E-state index in [-0.39, 0.29) is 33.6 Å². The van der Waals surface area contributed by atoms with Crippen molar-refractivity contribution < 1.29 is 24.5 Å². The van der Waals surface area contributed by atoms with E-state index in [2.05, 4.69) is 0 Å². The highest BCUT2D eigenvalue weighted by Crippen LogP contribution is 2.36. The van der Waals surface area contributed by atoms with Gasteiger partial charge in [0.25, 0.3) is 0 Å². The number of ether oxygens (including phenoxy) is 1. The fourth-order valence-corrected chi connectivity index (χ4v) is 2.90. The zero-order chi connectivity index (χ0) is 19.7. The van der Waals surface area contributed by atoms with Crippen LogP contribution in [-0.4, -0.2) is 22.4 Å². The molecule has 0 radical (unpaired) electrons. The third-order valence-electron chi connectivity index (χ3n) is 4.26. The Morgan fingerprint density at radius 2 is 1.81 bits per heavy atom. The lowest BCUT2D eigenvalue weighted by atomic mass is 9.99. The molecule has 0 aliphatic rings. The average Bonchev–Trinajstić information content (AvgIpc) is 2.60. The van der Waals surface area contributed by atoms with Crippen LogP contribution in [-0.2, 0) is 6.42 Å². The molecular formula is C21H20O6. The Kier molecular flexibility index (Phi) is 4.81. The fourth-order valence-electron chi connectivity index (χ4n) is 2.90. The molecule has 0 saturated heterocycles. The van der Waals surface area contributed by atoms with Crippen molar-refractivity contribution in [2.75, 3.05) is 7.11 Å². The van der Waals surface area contributed by atoms with Crippen LogP contribution in [0.3, 0.4) is 0 Å². The molecule has 0 bridgehead atoms. The van der Waals surface area contributed by atoms with Crippen LogP contribution < -0.4 is 10.2 Å². The number of methoxy groups -OCH3 is 1. The zero-order valence-electron chi connectivity index (χ0n) is 15.2. The largest absolute Gasteiger partial charge is 0.508 e. The third-order valence-corrected chi connectivity index (χ3v) is 4.26. The van der Waals surface area contributed by atoms with Crippen molar-refractivity contribution in [3.05, 3.63) is 58.0 Å². The van der Waals surface area contributed by atoms with E-state index in [4.69, 9.17) is 9.15 Å². The molecule has 0 saturated carbocycles. The number of fused-ring (bicyclic) bond motifs is 1. The Balaban J connectivity index is 2.24. The standard InChI is InChI=1S/C21H20O6/c1-11(2)4-5-12-6-14(16(23)9-18(12)26-3)15-10-27-19-8-13(22)7-17(24)20(19)21(15)25/h4,6-10,22-24H,5H2,1-3H3. The first kappa shape index (κ1) is 18.4. The van der Waals surface area contributed by atoms with E-state index in [1.165, 1.54) is 25.5 Å². The molecule has 3 rings (SSSR count). The summed E-state index contributed by atoms with van der Waals surface area (Å²) in [5.41, 5.74) is 1.84. The SMILES string of the molecule is COc1cc(O)c(-c2coc3cc(O)cc(O)c3c2=O)cc1CC=C(C)C. The number of hydrogen-bond donors (Lipinski definition) is 3. The van der Waals surface area contributed by atoms with Gasteiger partial charge >= 0.3 is 0 Å². The Hall–Kier alpha value is -3.41. The van der Waals surface area contributed by atoms with Gasteiger partial charge < -0.3 is 24.5 Å². The summed E-state index contributed by atoms with van der Waals surface area (Å²) in [5.74, 6) is -0.241. The average molecular weight is 368 g/mol. The molecule has 0 spiro atoms. The van der Waals surface area contributed by atoms with E-state index in [1.807, 2.05) is 19.9 Å². The number of benzene rings is 2. The van der Waals surface area contributed by atoms with Crippen molar-refractivity contribution >= 4 is 11.0 Å². The molecule has 2 aromatic carbocycles. The minimum atomic E-state index is -0.512. The number of phenols is 3. The van der Waals surface area contributed by atoms with Gasteiger partial charge in [0, 0.05) is 23.8 Å². The van der Waals surface area contributed by atoms with Crippen LogP contribution >= 0.6 is 0 Å². The molecule has 3 aromatic rings. The maximum Gasteiger partial charge on any atom is 0.204 e. The van der Waals surface area contributed by atoms with Gasteiger partial charge in [0.2, 0.25) is 5.43 Å². The number of allylic oxidation sites excluding steroid dienone is 2. The lowest BCUT2D eigenvalue weighted by molar-refractivity contribution is 0.404. The summed E-state index contributed by atoms with van der Waals surface area (Å²) in [4.78, 5) is 12.9. The van der Waals surface area contributed by atoms with Gasteiger partial charge in [-0.2, -0.15) is 0 Å². The summed E-state index contributed by atoms with van der Waals surface area (Å²) in [7, 11) is 1.51. The van der Waals surface area contributed by atoms with Crippen molar-refractivity contribution in [2.45, 2.75) is 20.3 Å². The van der Waals surface area contributed by atoms with E-state index in [1.54, 1.807) is 6.07 Å². The highest BCUT2D eigenvalue weighted by molar-refractivity contribution is 5.88. The number of rotatable bonds is 4. The van der Waals surface area contributed by atoms with Gasteiger partial charge in [-0.25, -0.2) is 0 Å². The molecule has 0 atom stereocenters. The lowest BCUT2D eigenvalue weighted by Crippen LogP contribution is -2.06. The molecule has 1 aromatic heterocycles. The maximum absolute atomic E-state index is 12.9. The number of hydrogen-bond acceptors (Lipinski definition) is 6. The van der Waals surface area contributed by atoms with Crippen LogP contribution in [0, 0.1) is 0 Å². The van der Waals surface area contributed by atoms with Crippen molar-refractivity contribution in [3.8, 4) is 34.1 Å². The predicted octanol–water partition coefficient (Wildman–Crippen LogP) is 4.09. The van der Waals surface area contributed by atoms with Crippen molar-refractivity contribution in [2.24, 2.45) is 0 Å². The summed E-state index contributed by atoms with van der Waals surface area (Å²) >= 11 is 0. The topological polar surface area (TPSA) is 100 Å². The van der Waals surface area contributed by atoms with E-state index >= 15 is 0 Å². The molecule has 0 fully saturated rings. The second-order valence-electron chi connectivity index (χ2n) is 6.48. The predicted molar refractivity (Wildman–Crippen MR) is 103 cm³/mol. The molecule has 6 heteroatoms. The Bertz CT molecular complexity index is 1100. The smallest absolute Gasteiger partial charge is 0.204 e. The fraction of sp³-hybridized carbons (Fsp3) is 0.190. The summed E-state index contributed by atoms with van der Waals surface area (Å²) in [6, 6.07) is 5.43. The second-order valence-corrected chi connectivity index (χ2v) is 6.48. The Morgan fingerprint density at radius 1 is 1.07 bits per heavy atom. The van der Waals surface area contributed by atoms with E-state index in [0.717, 1.165) is 17.2 Å². The molecular weight excluding hydrogens is 348 g/mol. The molecule has 0 aliphatic heterocycles. The Labute approximate surface area is 155 Å². The Morgan fingerprint density at radius 3 is 2.48 bits per heavy atom. The van der Waals surface area contributed by atoms with Crippen LogP contribution in [0.25, 0.3) is 22.1 Å². The molecule has 1 heterocycles. The summed E-state index contributed by atoms with van der Waals surface area (Å²) in [6.45, 7) is 3.95. The molecule has 140 valence electrons. The summed E-state index contributed by atoms with van der Waals surface area (Å²) in [5, 5.41) is 29.9. The molecule has 0 amide bonds. The van der Waals surface area contributed by atoms with Gasteiger partial charge in [0.05, 0.1) is 12.7 Å². The first-order valence-electron chi connectivity index (χ1n) is 8.33. The lowest BCUT2D eigenvalue weighted by Gasteiger charge is -2.12. The highest BCUT2D eigenvalue weighted by Gasteiger charge is 2.18. The maximum atomic E-state index is 12.9. The third kappa shape index (κ3) is 3.46. The number of phenolic OH excluding ortho intramolecular Hbond substituents is 3. The van der Waals surface area contributed by atoms with Crippen LogP contribution in [0.5, 0.6) is 23.0 Å². The first-order valence-corrected chi connectivity index (χ1v) is 8.33. The minimum absolute atomic E-state index is 0.0546. The molecule has 0 unspecified atom stereocenters. The van der Waals surface area contributed by atoms with Crippen LogP contribution in [0.15, 0.2) is 51.4 Å². The van der Waals surface area contributed by atoms with E-state index in [0.29, 0.717) is 12.2 Å². The van der Waals surface area contributed by atoms with Gasteiger partial charge in [0.1, 0.15) is 40.2 Å². The van der Waals surface area contributed by atoms with Crippen molar-refractivity contribution in [1.29, 1.82) is 0 Å². The van der Waals surface area contributed by atoms with Gasteiger partial charge in [-0.15, -0.1) is 0 Å². The van der Waals surface area contributed by atoms with Gasteiger partial charge in [-0.05, 0) is 31.9 Å². The van der Waals surface area contributed by atoms with Crippen LogP contribution in [0.1, 0.15) is 19.4 Å². The first-order chi connectivity index (χ1) is 12.8. The highest BCUT2D eigenvalue weighted by atomic mass is 16.5. The van der Waals surface area contributed by atoms with Crippen molar-refractivity contribution in [3.63, 3.8) is 0 Å². The second kappa shape index (κ2) is 7.07. The molecule has 0 aliphatic carbocycles. The zero-order valence-corrected chi connectivity index (χ0v) is 15.2. The van der Waals surface area contributed by atoms with Crippen LogP contribution in [0.2, 0.25) is 0 Å². The summed E-state index contributed by atoms with van der Waals surface area (Å²) in [6.07, 6.45) is 3.78. The van der Waals surface area contributed by atoms with E-state index in [9.17, 15) is 20.1 Å². The van der Waals surface area contributed by atoms with Crippen LogP contribution in [0.4, 0.5) is 0 Å². The normalized spacial score (nSPS) is 10.8. The van der Waals surface area contributed by atoms with E-state index < -0.39 is 11.2 Å². The van der Waals surface area contributed by atoms with Crippen molar-refractivity contribution in [1.82, 2.24) is 0 Å². The van der Waals surface area contributed by atoms with Gasteiger partial charge in [0.15, 0.2) is 0 Å². The van der Waals surface area contributed by atoms with Gasteiger partial charge in [-0.1, -0.05) is 11.6 Å². The molecule has 3 N–H and O–H groups in total. The summed E-state index contributed by atoms with van der Waals surface area (Å²) < 4.78 is 10.7. The quantitative estimate of drug-likeness (QED) is 0.600. The molecule has 27 heavy (non-hydrogen) atoms. The minimum Gasteiger partial charge on any atom is -0.508 e. The molecule has 6 nitrogen and oxygen atoms in total. The number of aromatic hydroxyl groups is 3. The van der Waals surface area contributed by atoms with Gasteiger partial charge in [-0.3, -0.25) is 4.79 Å².